The first-order valence-electron chi connectivity index (χ1n) is 8.25. The predicted molar refractivity (Wildman–Crippen MR) is 93.7 cm³/mol. The maximum Gasteiger partial charge on any atom is 0.126 e. The highest BCUT2D eigenvalue weighted by molar-refractivity contribution is 8.93. The smallest absolute Gasteiger partial charge is 0.126 e. The maximum atomic E-state index is 13.6. The first kappa shape index (κ1) is 18.6. The van der Waals surface area contributed by atoms with Crippen LogP contribution < -0.4 is 0 Å². The van der Waals surface area contributed by atoms with E-state index in [2.05, 4.69) is 11.8 Å². The molecule has 0 radical (unpaired) electrons. The molecule has 0 bridgehead atoms. The van der Waals surface area contributed by atoms with E-state index >= 15 is 0 Å². The van der Waals surface area contributed by atoms with Crippen molar-refractivity contribution in [2.75, 3.05) is 19.6 Å². The van der Waals surface area contributed by atoms with Crippen LogP contribution in [0.15, 0.2) is 24.3 Å². The van der Waals surface area contributed by atoms with Gasteiger partial charge >= 0.3 is 0 Å². The highest BCUT2D eigenvalue weighted by Gasteiger charge is 2.18. The third-order valence-electron chi connectivity index (χ3n) is 4.56. The van der Waals surface area contributed by atoms with Crippen molar-refractivity contribution in [3.63, 3.8) is 0 Å². The quantitative estimate of drug-likeness (QED) is 0.603. The third kappa shape index (κ3) is 6.48. The fourth-order valence-corrected chi connectivity index (χ4v) is 3.14. The lowest BCUT2D eigenvalue weighted by molar-refractivity contribution is 0.176. The molecule has 1 saturated heterocycles. The summed E-state index contributed by atoms with van der Waals surface area (Å²) in [7, 11) is 0. The third-order valence-corrected chi connectivity index (χ3v) is 4.56. The van der Waals surface area contributed by atoms with Gasteiger partial charge in [-0.25, -0.2) is 4.39 Å². The Balaban J connectivity index is 0.00000220. The number of piperidine rings is 1. The molecule has 0 atom stereocenters. The molecular weight excluding hydrogens is 329 g/mol. The molecule has 1 aliphatic heterocycles. The van der Waals surface area contributed by atoms with Gasteiger partial charge in [0.05, 0.1) is 0 Å². The Morgan fingerprint density at radius 1 is 1.14 bits per heavy atom. The second kappa shape index (κ2) is 10.3. The maximum absolute atomic E-state index is 13.6. The van der Waals surface area contributed by atoms with Gasteiger partial charge in [0.2, 0.25) is 0 Å². The molecule has 3 heteroatoms. The normalized spacial score (nSPS) is 16.7. The van der Waals surface area contributed by atoms with Gasteiger partial charge in [0.1, 0.15) is 5.82 Å². The number of halogens is 2. The molecule has 1 aromatic rings. The molecule has 2 rings (SSSR count). The highest BCUT2D eigenvalue weighted by Crippen LogP contribution is 2.23. The number of unbranched alkanes of at least 4 members (excludes halogenated alkanes) is 2. The van der Waals surface area contributed by atoms with E-state index in [1.807, 2.05) is 12.1 Å². The Morgan fingerprint density at radius 2 is 1.86 bits per heavy atom. The van der Waals surface area contributed by atoms with Gasteiger partial charge in [-0.05, 0) is 69.3 Å². The lowest BCUT2D eigenvalue weighted by Gasteiger charge is -2.32. The molecule has 120 valence electrons. The standard InChI is InChI=1S/C18H28FN.BrH/c1-2-3-6-13-20-14-11-16(12-15-20)9-10-17-7-4-5-8-18(17)19;/h4-5,7-8,16H,2-3,6,9-15H2,1H3;1H. The van der Waals surface area contributed by atoms with E-state index in [4.69, 9.17) is 0 Å². The Morgan fingerprint density at radius 3 is 2.52 bits per heavy atom. The Kier molecular flexibility index (Phi) is 9.18. The predicted octanol–water partition coefficient (Wildman–Crippen LogP) is 5.24. The largest absolute Gasteiger partial charge is 0.303 e. The Bertz CT molecular complexity index is 389. The van der Waals surface area contributed by atoms with Crippen molar-refractivity contribution in [2.24, 2.45) is 5.92 Å². The topological polar surface area (TPSA) is 3.24 Å². The van der Waals surface area contributed by atoms with Gasteiger partial charge in [0.15, 0.2) is 0 Å². The van der Waals surface area contributed by atoms with Crippen molar-refractivity contribution < 1.29 is 4.39 Å². The minimum absolute atomic E-state index is 0. The molecule has 0 N–H and O–H groups in total. The molecule has 1 heterocycles. The molecule has 0 amide bonds. The number of aryl methyl sites for hydroxylation is 1. The van der Waals surface area contributed by atoms with Crippen molar-refractivity contribution >= 4 is 17.0 Å². The fourth-order valence-electron chi connectivity index (χ4n) is 3.14. The van der Waals surface area contributed by atoms with Crippen LogP contribution in [0, 0.1) is 11.7 Å². The van der Waals surface area contributed by atoms with Crippen LogP contribution in [0.5, 0.6) is 0 Å². The summed E-state index contributed by atoms with van der Waals surface area (Å²) in [5.41, 5.74) is 0.887. The van der Waals surface area contributed by atoms with Gasteiger partial charge in [-0.1, -0.05) is 38.0 Å². The van der Waals surface area contributed by atoms with Gasteiger partial charge in [-0.2, -0.15) is 0 Å². The minimum atomic E-state index is -0.0375. The summed E-state index contributed by atoms with van der Waals surface area (Å²) in [4.78, 5) is 2.61. The van der Waals surface area contributed by atoms with Crippen molar-refractivity contribution in [1.29, 1.82) is 0 Å². The molecule has 0 spiro atoms. The second-order valence-electron chi connectivity index (χ2n) is 6.12. The number of hydrogen-bond donors (Lipinski definition) is 0. The van der Waals surface area contributed by atoms with Gasteiger partial charge < -0.3 is 4.90 Å². The second-order valence-corrected chi connectivity index (χ2v) is 6.12. The summed E-state index contributed by atoms with van der Waals surface area (Å²) in [5.74, 6) is 0.751. The van der Waals surface area contributed by atoms with Crippen LogP contribution in [0.4, 0.5) is 4.39 Å². The van der Waals surface area contributed by atoms with Crippen LogP contribution >= 0.6 is 17.0 Å². The number of nitrogens with zero attached hydrogens (tertiary/aromatic N) is 1. The van der Waals surface area contributed by atoms with Crippen molar-refractivity contribution in [3.8, 4) is 0 Å². The molecule has 1 fully saturated rings. The summed E-state index contributed by atoms with van der Waals surface area (Å²) in [6, 6.07) is 7.21. The fraction of sp³-hybridized carbons (Fsp3) is 0.667. The summed E-state index contributed by atoms with van der Waals surface area (Å²) < 4.78 is 13.6. The first-order valence-corrected chi connectivity index (χ1v) is 8.25. The zero-order valence-corrected chi connectivity index (χ0v) is 14.9. The van der Waals surface area contributed by atoms with E-state index in [9.17, 15) is 4.39 Å². The van der Waals surface area contributed by atoms with Gasteiger partial charge in [-0.3, -0.25) is 0 Å². The van der Waals surface area contributed by atoms with E-state index in [1.54, 1.807) is 12.1 Å². The Hall–Kier alpha value is -0.410. The monoisotopic (exact) mass is 357 g/mol. The average Bonchev–Trinajstić information content (AvgIpc) is 2.48. The average molecular weight is 358 g/mol. The molecule has 1 nitrogen and oxygen atoms in total. The summed E-state index contributed by atoms with van der Waals surface area (Å²) >= 11 is 0. The molecular formula is C18H29BrFN. The summed E-state index contributed by atoms with van der Waals surface area (Å²) in [6.07, 6.45) is 8.63. The zero-order chi connectivity index (χ0) is 14.2. The number of benzene rings is 1. The summed E-state index contributed by atoms with van der Waals surface area (Å²) in [6.45, 7) is 6.01. The van der Waals surface area contributed by atoms with Crippen molar-refractivity contribution in [2.45, 2.75) is 51.9 Å². The van der Waals surface area contributed by atoms with Gasteiger partial charge in [0.25, 0.3) is 0 Å². The molecule has 1 aliphatic rings. The minimum Gasteiger partial charge on any atom is -0.303 e. The lowest BCUT2D eigenvalue weighted by Crippen LogP contribution is -2.34. The van der Waals surface area contributed by atoms with Crippen molar-refractivity contribution in [1.82, 2.24) is 4.90 Å². The molecule has 0 aromatic heterocycles. The van der Waals surface area contributed by atoms with E-state index in [0.29, 0.717) is 0 Å². The number of hydrogen-bond acceptors (Lipinski definition) is 1. The van der Waals surface area contributed by atoms with Crippen LogP contribution in [0.25, 0.3) is 0 Å². The molecule has 0 unspecified atom stereocenters. The molecule has 0 saturated carbocycles. The lowest BCUT2D eigenvalue weighted by atomic mass is 9.90. The van der Waals surface area contributed by atoms with Gasteiger partial charge in [-0.15, -0.1) is 17.0 Å². The Labute approximate surface area is 139 Å². The summed E-state index contributed by atoms with van der Waals surface area (Å²) in [5, 5.41) is 0. The van der Waals surface area contributed by atoms with E-state index in [0.717, 1.165) is 24.3 Å². The zero-order valence-electron chi connectivity index (χ0n) is 13.2. The molecule has 21 heavy (non-hydrogen) atoms. The number of likely N-dealkylation sites (tertiary alicyclic amines) is 1. The van der Waals surface area contributed by atoms with Crippen LogP contribution in [-0.2, 0) is 6.42 Å². The first-order chi connectivity index (χ1) is 9.79. The van der Waals surface area contributed by atoms with E-state index < -0.39 is 0 Å². The van der Waals surface area contributed by atoms with Crippen LogP contribution in [-0.4, -0.2) is 24.5 Å². The highest BCUT2D eigenvalue weighted by atomic mass is 79.9. The van der Waals surface area contributed by atoms with Crippen LogP contribution in [0.1, 0.15) is 51.0 Å². The van der Waals surface area contributed by atoms with E-state index in [1.165, 1.54) is 51.7 Å². The molecule has 0 aliphatic carbocycles. The van der Waals surface area contributed by atoms with Gasteiger partial charge in [0, 0.05) is 0 Å². The van der Waals surface area contributed by atoms with Crippen molar-refractivity contribution in [3.05, 3.63) is 35.6 Å². The van der Waals surface area contributed by atoms with Crippen LogP contribution in [0.2, 0.25) is 0 Å². The molecule has 1 aromatic carbocycles. The van der Waals surface area contributed by atoms with Crippen LogP contribution in [0.3, 0.4) is 0 Å². The number of rotatable bonds is 7. The SMILES string of the molecule is Br.CCCCCN1CCC(CCc2ccccc2F)CC1. The van der Waals surface area contributed by atoms with E-state index in [-0.39, 0.29) is 22.8 Å².